The van der Waals surface area contributed by atoms with Crippen molar-refractivity contribution < 1.29 is 0 Å². The maximum absolute atomic E-state index is 4.48. The van der Waals surface area contributed by atoms with Crippen molar-refractivity contribution in [3.05, 3.63) is 87.9 Å². The number of halogens is 1. The number of pyridine rings is 1. The molecule has 0 aliphatic carbocycles. The third-order valence-electron chi connectivity index (χ3n) is 3.99. The van der Waals surface area contributed by atoms with Gasteiger partial charge in [0.2, 0.25) is 0 Å². The second-order valence-electron chi connectivity index (χ2n) is 5.71. The fourth-order valence-electron chi connectivity index (χ4n) is 2.75. The topological polar surface area (TPSA) is 50.7 Å². The second-order valence-corrected chi connectivity index (χ2v) is 6.95. The number of hydrogen-bond acceptors (Lipinski definition) is 4. The van der Waals surface area contributed by atoms with Crippen molar-refractivity contribution in [2.75, 3.05) is 5.32 Å². The fourth-order valence-corrected chi connectivity index (χ4v) is 3.11. The van der Waals surface area contributed by atoms with E-state index in [9.17, 15) is 0 Å². The van der Waals surface area contributed by atoms with Crippen LogP contribution in [0.4, 0.5) is 11.5 Å². The van der Waals surface area contributed by atoms with Crippen molar-refractivity contribution in [2.24, 2.45) is 0 Å². The zero-order chi connectivity index (χ0) is 17.1. The highest BCUT2D eigenvalue weighted by Gasteiger charge is 2.10. The van der Waals surface area contributed by atoms with Gasteiger partial charge in [0.15, 0.2) is 5.82 Å². The van der Waals surface area contributed by atoms with E-state index in [-0.39, 0.29) is 0 Å². The molecule has 0 saturated carbocycles. The normalized spacial score (nSPS) is 10.8. The predicted molar refractivity (Wildman–Crippen MR) is 109 cm³/mol. The average molecular weight is 438 g/mol. The average Bonchev–Trinajstić information content (AvgIpc) is 2.66. The molecule has 5 heteroatoms. The first-order valence-corrected chi connectivity index (χ1v) is 9.03. The van der Waals surface area contributed by atoms with Crippen LogP contribution in [-0.2, 0) is 6.42 Å². The molecule has 0 fully saturated rings. The summed E-state index contributed by atoms with van der Waals surface area (Å²) in [5, 5.41) is 14.5. The Kier molecular flexibility index (Phi) is 4.56. The number of nitrogens with zero attached hydrogens (tertiary/aromatic N) is 3. The summed E-state index contributed by atoms with van der Waals surface area (Å²) in [7, 11) is 0. The van der Waals surface area contributed by atoms with Gasteiger partial charge >= 0.3 is 0 Å². The van der Waals surface area contributed by atoms with E-state index in [1.807, 2.05) is 36.4 Å². The van der Waals surface area contributed by atoms with Crippen LogP contribution in [-0.4, -0.2) is 15.2 Å². The molecule has 4 rings (SSSR count). The Morgan fingerprint density at radius 3 is 2.28 bits per heavy atom. The van der Waals surface area contributed by atoms with Crippen LogP contribution in [0.2, 0.25) is 0 Å². The van der Waals surface area contributed by atoms with Gasteiger partial charge in [-0.05, 0) is 64.6 Å². The largest absolute Gasteiger partial charge is 0.338 e. The van der Waals surface area contributed by atoms with Crippen molar-refractivity contribution in [2.45, 2.75) is 6.42 Å². The van der Waals surface area contributed by atoms with Crippen LogP contribution < -0.4 is 5.32 Å². The minimum atomic E-state index is 0.736. The van der Waals surface area contributed by atoms with Gasteiger partial charge in [0.25, 0.3) is 0 Å². The Morgan fingerprint density at radius 2 is 1.52 bits per heavy atom. The third kappa shape index (κ3) is 3.61. The predicted octanol–water partition coefficient (Wildman–Crippen LogP) is 4.96. The van der Waals surface area contributed by atoms with Gasteiger partial charge in [0.05, 0.1) is 5.69 Å². The van der Waals surface area contributed by atoms with Crippen molar-refractivity contribution in [3.63, 3.8) is 0 Å². The molecule has 122 valence electrons. The summed E-state index contributed by atoms with van der Waals surface area (Å²) < 4.78 is 1.20. The van der Waals surface area contributed by atoms with E-state index >= 15 is 0 Å². The Hall–Kier alpha value is -2.54. The van der Waals surface area contributed by atoms with E-state index in [4.69, 9.17) is 0 Å². The number of fused-ring (bicyclic) bond motifs is 1. The molecule has 1 N–H and O–H groups in total. The molecular formula is C20H15IN4. The smallest absolute Gasteiger partial charge is 0.160 e. The van der Waals surface area contributed by atoms with E-state index in [2.05, 4.69) is 67.4 Å². The van der Waals surface area contributed by atoms with Crippen molar-refractivity contribution in [3.8, 4) is 0 Å². The molecule has 0 aliphatic heterocycles. The van der Waals surface area contributed by atoms with E-state index in [0.717, 1.165) is 34.4 Å². The number of rotatable bonds is 4. The molecular weight excluding hydrogens is 423 g/mol. The lowest BCUT2D eigenvalue weighted by molar-refractivity contribution is 0.960. The zero-order valence-corrected chi connectivity index (χ0v) is 15.5. The van der Waals surface area contributed by atoms with Crippen LogP contribution in [0.3, 0.4) is 0 Å². The number of anilines is 2. The maximum Gasteiger partial charge on any atom is 0.160 e. The molecule has 0 radical (unpaired) electrons. The number of benzene rings is 2. The first-order chi connectivity index (χ1) is 12.3. The SMILES string of the molecule is Ic1ccc(Nc2nnc(Cc3ccncc3)c3ccccc23)cc1. The summed E-state index contributed by atoms with van der Waals surface area (Å²) in [5.41, 5.74) is 3.14. The molecule has 0 aliphatic rings. The molecule has 0 saturated heterocycles. The first kappa shape index (κ1) is 16.0. The molecule has 2 aromatic heterocycles. The van der Waals surface area contributed by atoms with E-state index in [0.29, 0.717) is 0 Å². The van der Waals surface area contributed by atoms with E-state index < -0.39 is 0 Å². The van der Waals surface area contributed by atoms with E-state index in [1.54, 1.807) is 12.4 Å². The molecule has 2 aromatic carbocycles. The zero-order valence-electron chi connectivity index (χ0n) is 13.4. The molecule has 0 amide bonds. The third-order valence-corrected chi connectivity index (χ3v) is 4.71. The second kappa shape index (κ2) is 7.14. The van der Waals surface area contributed by atoms with Crippen LogP contribution in [0, 0.1) is 3.57 Å². The number of aromatic nitrogens is 3. The standard InChI is InChI=1S/C20H15IN4/c21-15-5-7-16(8-6-15)23-20-18-4-2-1-3-17(18)19(24-25-20)13-14-9-11-22-12-10-14/h1-12H,13H2,(H,23,25). The van der Waals surface area contributed by atoms with Gasteiger partial charge < -0.3 is 5.32 Å². The van der Waals surface area contributed by atoms with Gasteiger partial charge in [0, 0.05) is 38.8 Å². The molecule has 4 nitrogen and oxygen atoms in total. The quantitative estimate of drug-likeness (QED) is 0.458. The molecule has 2 heterocycles. The van der Waals surface area contributed by atoms with Gasteiger partial charge in [-0.15, -0.1) is 5.10 Å². The Balaban J connectivity index is 1.72. The van der Waals surface area contributed by atoms with Crippen molar-refractivity contribution >= 4 is 44.9 Å². The van der Waals surface area contributed by atoms with Gasteiger partial charge in [-0.1, -0.05) is 24.3 Å². The van der Waals surface area contributed by atoms with Crippen LogP contribution in [0.1, 0.15) is 11.3 Å². The minimum Gasteiger partial charge on any atom is -0.338 e. The lowest BCUT2D eigenvalue weighted by Gasteiger charge is -2.11. The molecule has 4 aromatic rings. The summed E-state index contributed by atoms with van der Waals surface area (Å²) in [4.78, 5) is 4.07. The van der Waals surface area contributed by atoms with Gasteiger partial charge in [-0.2, -0.15) is 5.10 Å². The first-order valence-electron chi connectivity index (χ1n) is 7.95. The van der Waals surface area contributed by atoms with Crippen LogP contribution in [0.15, 0.2) is 73.1 Å². The van der Waals surface area contributed by atoms with Crippen LogP contribution in [0.25, 0.3) is 10.8 Å². The van der Waals surface area contributed by atoms with Crippen LogP contribution >= 0.6 is 22.6 Å². The van der Waals surface area contributed by atoms with Crippen molar-refractivity contribution in [1.82, 2.24) is 15.2 Å². The lowest BCUT2D eigenvalue weighted by Crippen LogP contribution is -2.02. The number of hydrogen-bond donors (Lipinski definition) is 1. The van der Waals surface area contributed by atoms with E-state index in [1.165, 1.54) is 9.13 Å². The monoisotopic (exact) mass is 438 g/mol. The van der Waals surface area contributed by atoms with Gasteiger partial charge in [-0.25, -0.2) is 0 Å². The van der Waals surface area contributed by atoms with Gasteiger partial charge in [0.1, 0.15) is 0 Å². The van der Waals surface area contributed by atoms with Crippen molar-refractivity contribution in [1.29, 1.82) is 0 Å². The molecule has 0 atom stereocenters. The summed E-state index contributed by atoms with van der Waals surface area (Å²) in [6, 6.07) is 20.5. The molecule has 0 bridgehead atoms. The number of nitrogens with one attached hydrogen (secondary N) is 1. The summed E-state index contributed by atoms with van der Waals surface area (Å²) in [5.74, 6) is 0.773. The minimum absolute atomic E-state index is 0.736. The Bertz CT molecular complexity index is 1000. The Labute approximate surface area is 159 Å². The maximum atomic E-state index is 4.48. The lowest BCUT2D eigenvalue weighted by atomic mass is 10.0. The molecule has 25 heavy (non-hydrogen) atoms. The highest BCUT2D eigenvalue weighted by Crippen LogP contribution is 2.27. The fraction of sp³-hybridized carbons (Fsp3) is 0.0500. The summed E-state index contributed by atoms with van der Waals surface area (Å²) in [6.07, 6.45) is 4.34. The van der Waals surface area contributed by atoms with Gasteiger partial charge in [-0.3, -0.25) is 4.98 Å². The summed E-state index contributed by atoms with van der Waals surface area (Å²) in [6.45, 7) is 0. The highest BCUT2D eigenvalue weighted by atomic mass is 127. The van der Waals surface area contributed by atoms with Crippen LogP contribution in [0.5, 0.6) is 0 Å². The molecule has 0 unspecified atom stereocenters. The molecule has 0 spiro atoms. The summed E-state index contributed by atoms with van der Waals surface area (Å²) >= 11 is 2.30. The Morgan fingerprint density at radius 1 is 0.800 bits per heavy atom. The highest BCUT2D eigenvalue weighted by molar-refractivity contribution is 14.1.